The summed E-state index contributed by atoms with van der Waals surface area (Å²) in [5, 5.41) is 11.3. The van der Waals surface area contributed by atoms with Gasteiger partial charge in [0.25, 0.3) is 0 Å². The summed E-state index contributed by atoms with van der Waals surface area (Å²) in [6.07, 6.45) is 3.73. The smallest absolute Gasteiger partial charge is 0.166 e. The average Bonchev–Trinajstić information content (AvgIpc) is 2.67. The van der Waals surface area contributed by atoms with Crippen LogP contribution in [0.2, 0.25) is 0 Å². The minimum Gasteiger partial charge on any atom is -0.362 e. The molecule has 0 aromatic carbocycles. The van der Waals surface area contributed by atoms with Crippen LogP contribution >= 0.6 is 12.2 Å². The summed E-state index contributed by atoms with van der Waals surface area (Å²) in [5.41, 5.74) is 0. The first kappa shape index (κ1) is 13.0. The van der Waals surface area contributed by atoms with E-state index in [4.69, 9.17) is 12.2 Å². The predicted octanol–water partition coefficient (Wildman–Crippen LogP) is 1.39. The molecule has 16 heavy (non-hydrogen) atoms. The van der Waals surface area contributed by atoms with Gasteiger partial charge in [0.1, 0.15) is 0 Å². The molecule has 5 heteroatoms. The first-order valence-electron chi connectivity index (χ1n) is 5.59. The molecule has 0 saturated carbocycles. The van der Waals surface area contributed by atoms with E-state index in [1.54, 1.807) is 6.20 Å². The Morgan fingerprint density at radius 1 is 1.44 bits per heavy atom. The van der Waals surface area contributed by atoms with Crippen LogP contribution in [0.4, 0.5) is 0 Å². The summed E-state index contributed by atoms with van der Waals surface area (Å²) in [5.74, 6) is 0.598. The van der Waals surface area contributed by atoms with Crippen molar-refractivity contribution in [2.75, 3.05) is 6.54 Å². The molecule has 0 aliphatic heterocycles. The van der Waals surface area contributed by atoms with Gasteiger partial charge >= 0.3 is 0 Å². The molecule has 1 aromatic heterocycles. The van der Waals surface area contributed by atoms with Crippen LogP contribution in [0.1, 0.15) is 20.8 Å². The molecule has 0 aliphatic carbocycles. The van der Waals surface area contributed by atoms with Gasteiger partial charge in [-0.25, -0.2) is 0 Å². The Balaban J connectivity index is 2.23. The minimum atomic E-state index is 0.270. The van der Waals surface area contributed by atoms with E-state index in [9.17, 15) is 0 Å². The summed E-state index contributed by atoms with van der Waals surface area (Å²) >= 11 is 5.19. The fourth-order valence-corrected chi connectivity index (χ4v) is 1.59. The van der Waals surface area contributed by atoms with Crippen LogP contribution in [-0.2, 0) is 6.54 Å². The number of aromatic nitrogens is 2. The largest absolute Gasteiger partial charge is 0.362 e. The second-order valence-electron chi connectivity index (χ2n) is 4.38. The highest BCUT2D eigenvalue weighted by molar-refractivity contribution is 7.80. The van der Waals surface area contributed by atoms with Gasteiger partial charge in [-0.15, -0.1) is 0 Å². The molecule has 0 aliphatic rings. The molecule has 0 spiro atoms. The lowest BCUT2D eigenvalue weighted by atomic mass is 10.2. The molecule has 1 unspecified atom stereocenters. The first-order chi connectivity index (χ1) is 7.58. The van der Waals surface area contributed by atoms with Crippen molar-refractivity contribution in [3.8, 4) is 0 Å². The topological polar surface area (TPSA) is 41.9 Å². The Kier molecular flexibility index (Phi) is 5.25. The Labute approximate surface area is 102 Å². The summed E-state index contributed by atoms with van der Waals surface area (Å²) in [7, 11) is 0. The molecule has 0 saturated heterocycles. The van der Waals surface area contributed by atoms with E-state index in [2.05, 4.69) is 36.5 Å². The summed E-state index contributed by atoms with van der Waals surface area (Å²) < 4.78 is 1.89. The summed E-state index contributed by atoms with van der Waals surface area (Å²) in [6, 6.07) is 2.19. The van der Waals surface area contributed by atoms with Crippen molar-refractivity contribution in [2.45, 2.75) is 33.4 Å². The third-order valence-electron chi connectivity index (χ3n) is 2.07. The van der Waals surface area contributed by atoms with Crippen molar-refractivity contribution in [2.24, 2.45) is 5.92 Å². The summed E-state index contributed by atoms with van der Waals surface area (Å²) in [4.78, 5) is 0. The molecule has 4 nitrogen and oxygen atoms in total. The van der Waals surface area contributed by atoms with Crippen molar-refractivity contribution in [1.82, 2.24) is 20.4 Å². The Morgan fingerprint density at radius 3 is 2.75 bits per heavy atom. The van der Waals surface area contributed by atoms with Gasteiger partial charge in [0.05, 0.1) is 6.54 Å². The monoisotopic (exact) mass is 240 g/mol. The number of hydrogen-bond acceptors (Lipinski definition) is 2. The van der Waals surface area contributed by atoms with Gasteiger partial charge in [0, 0.05) is 25.0 Å². The van der Waals surface area contributed by atoms with E-state index in [1.165, 1.54) is 0 Å². The molecular formula is C11H20N4S. The third-order valence-corrected chi connectivity index (χ3v) is 2.33. The van der Waals surface area contributed by atoms with Gasteiger partial charge in [-0.3, -0.25) is 4.68 Å². The van der Waals surface area contributed by atoms with E-state index in [-0.39, 0.29) is 6.04 Å². The Bertz CT molecular complexity index is 308. The molecule has 1 heterocycles. The van der Waals surface area contributed by atoms with Crippen LogP contribution in [0, 0.1) is 5.92 Å². The van der Waals surface area contributed by atoms with Crippen LogP contribution in [0.3, 0.4) is 0 Å². The molecule has 0 radical (unpaired) electrons. The Hall–Kier alpha value is -1.10. The summed E-state index contributed by atoms with van der Waals surface area (Å²) in [6.45, 7) is 8.12. The van der Waals surface area contributed by atoms with Crippen molar-refractivity contribution in [3.63, 3.8) is 0 Å². The molecule has 1 rings (SSSR count). The number of thiocarbonyl (C=S) groups is 1. The van der Waals surface area contributed by atoms with Crippen LogP contribution in [0.5, 0.6) is 0 Å². The van der Waals surface area contributed by atoms with Crippen molar-refractivity contribution in [3.05, 3.63) is 18.5 Å². The lowest BCUT2D eigenvalue weighted by molar-refractivity contribution is 0.500. The highest BCUT2D eigenvalue weighted by Gasteiger charge is 2.05. The van der Waals surface area contributed by atoms with Gasteiger partial charge in [0.2, 0.25) is 0 Å². The van der Waals surface area contributed by atoms with Gasteiger partial charge in [0.15, 0.2) is 5.11 Å². The van der Waals surface area contributed by atoms with E-state index < -0.39 is 0 Å². The van der Waals surface area contributed by atoms with Crippen LogP contribution in [0.25, 0.3) is 0 Å². The second-order valence-corrected chi connectivity index (χ2v) is 4.79. The molecule has 0 bridgehead atoms. The van der Waals surface area contributed by atoms with Crippen LogP contribution in [0.15, 0.2) is 18.5 Å². The van der Waals surface area contributed by atoms with E-state index in [0.717, 1.165) is 13.1 Å². The average molecular weight is 240 g/mol. The number of hydrogen-bond donors (Lipinski definition) is 2. The maximum absolute atomic E-state index is 5.19. The molecule has 0 fully saturated rings. The SMILES string of the molecule is CC(C)CNC(=S)NC(C)Cn1cccn1. The molecule has 90 valence electrons. The molecule has 1 aromatic rings. The van der Waals surface area contributed by atoms with Crippen LogP contribution in [-0.4, -0.2) is 27.5 Å². The predicted molar refractivity (Wildman–Crippen MR) is 70.3 cm³/mol. The van der Waals surface area contributed by atoms with Gasteiger partial charge < -0.3 is 10.6 Å². The highest BCUT2D eigenvalue weighted by atomic mass is 32.1. The van der Waals surface area contributed by atoms with Crippen molar-refractivity contribution in [1.29, 1.82) is 0 Å². The van der Waals surface area contributed by atoms with E-state index in [0.29, 0.717) is 11.0 Å². The van der Waals surface area contributed by atoms with E-state index in [1.807, 2.05) is 16.9 Å². The quantitative estimate of drug-likeness (QED) is 0.763. The Morgan fingerprint density at radius 2 is 2.19 bits per heavy atom. The molecule has 0 amide bonds. The fraction of sp³-hybridized carbons (Fsp3) is 0.636. The number of rotatable bonds is 5. The minimum absolute atomic E-state index is 0.270. The standard InChI is InChI=1S/C11H20N4S/c1-9(2)7-12-11(16)14-10(3)8-15-6-4-5-13-15/h4-6,9-10H,7-8H2,1-3H3,(H2,12,14,16). The fourth-order valence-electron chi connectivity index (χ4n) is 1.31. The molecular weight excluding hydrogens is 220 g/mol. The zero-order chi connectivity index (χ0) is 12.0. The molecule has 2 N–H and O–H groups in total. The highest BCUT2D eigenvalue weighted by Crippen LogP contribution is 1.91. The zero-order valence-corrected chi connectivity index (χ0v) is 10.9. The van der Waals surface area contributed by atoms with Gasteiger partial charge in [-0.05, 0) is 31.1 Å². The van der Waals surface area contributed by atoms with Crippen molar-refractivity contribution < 1.29 is 0 Å². The number of nitrogens with zero attached hydrogens (tertiary/aromatic N) is 2. The lowest BCUT2D eigenvalue weighted by Crippen LogP contribution is -2.43. The van der Waals surface area contributed by atoms with E-state index >= 15 is 0 Å². The second kappa shape index (κ2) is 6.48. The third kappa shape index (κ3) is 5.11. The maximum Gasteiger partial charge on any atom is 0.166 e. The maximum atomic E-state index is 5.19. The van der Waals surface area contributed by atoms with Crippen LogP contribution < -0.4 is 10.6 Å². The zero-order valence-electron chi connectivity index (χ0n) is 10.1. The molecule has 1 atom stereocenters. The van der Waals surface area contributed by atoms with Crippen molar-refractivity contribution >= 4 is 17.3 Å². The number of nitrogens with one attached hydrogen (secondary N) is 2. The van der Waals surface area contributed by atoms with Gasteiger partial charge in [-0.1, -0.05) is 13.8 Å². The first-order valence-corrected chi connectivity index (χ1v) is 6.00. The normalized spacial score (nSPS) is 12.5. The van der Waals surface area contributed by atoms with Gasteiger partial charge in [-0.2, -0.15) is 5.10 Å². The lowest BCUT2D eigenvalue weighted by Gasteiger charge is -2.17.